The summed E-state index contributed by atoms with van der Waals surface area (Å²) >= 11 is 5.84. The van der Waals surface area contributed by atoms with E-state index in [-0.39, 0.29) is 17.0 Å². The van der Waals surface area contributed by atoms with Crippen molar-refractivity contribution in [1.29, 1.82) is 0 Å². The zero-order valence-electron chi connectivity index (χ0n) is 11.4. The second-order valence-corrected chi connectivity index (χ2v) is 5.58. The van der Waals surface area contributed by atoms with E-state index in [9.17, 15) is 18.0 Å². The topological polar surface area (TPSA) is 22.0 Å². The van der Waals surface area contributed by atoms with E-state index in [0.717, 1.165) is 6.07 Å². The summed E-state index contributed by atoms with van der Waals surface area (Å²) in [5.74, 6) is -5.14. The van der Waals surface area contributed by atoms with Crippen molar-refractivity contribution in [3.8, 4) is 5.69 Å². The molecule has 0 fully saturated rings. The quantitative estimate of drug-likeness (QED) is 0.786. The van der Waals surface area contributed by atoms with E-state index >= 15 is 0 Å². The number of benzene rings is 1. The van der Waals surface area contributed by atoms with E-state index < -0.39 is 23.9 Å². The summed E-state index contributed by atoms with van der Waals surface area (Å²) in [7, 11) is 0. The number of ketones is 1. The van der Waals surface area contributed by atoms with Gasteiger partial charge in [-0.3, -0.25) is 4.79 Å². The lowest BCUT2D eigenvalue weighted by atomic mass is 9.90. The molecule has 0 unspecified atom stereocenters. The third-order valence-corrected chi connectivity index (χ3v) is 3.93. The average Bonchev–Trinajstić information content (AvgIpc) is 2.81. The van der Waals surface area contributed by atoms with Gasteiger partial charge in [0.1, 0.15) is 5.82 Å². The molecular weight excluding hydrogens is 315 g/mol. The number of halogens is 4. The molecule has 1 aromatic heterocycles. The average molecular weight is 326 g/mol. The van der Waals surface area contributed by atoms with Gasteiger partial charge in [0.2, 0.25) is 5.78 Å². The van der Waals surface area contributed by atoms with E-state index in [2.05, 4.69) is 6.58 Å². The van der Waals surface area contributed by atoms with Gasteiger partial charge in [0, 0.05) is 34.6 Å². The first-order chi connectivity index (χ1) is 10.3. The van der Waals surface area contributed by atoms with Crippen molar-refractivity contribution in [3.05, 3.63) is 58.6 Å². The van der Waals surface area contributed by atoms with Gasteiger partial charge >= 0.3 is 5.92 Å². The number of nitrogens with zero attached hydrogens (tertiary/aromatic N) is 1. The Kier molecular flexibility index (Phi) is 3.40. The molecule has 1 aromatic carbocycles. The first-order valence-corrected chi connectivity index (χ1v) is 6.97. The summed E-state index contributed by atoms with van der Waals surface area (Å²) in [6, 6.07) is 3.89. The van der Waals surface area contributed by atoms with E-state index in [1.165, 1.54) is 29.0 Å². The van der Waals surface area contributed by atoms with Gasteiger partial charge in [-0.05, 0) is 24.6 Å². The summed E-state index contributed by atoms with van der Waals surface area (Å²) in [5, 5.41) is 0.185. The molecule has 1 aliphatic rings. The number of carbonyl (C=O) groups is 1. The van der Waals surface area contributed by atoms with Crippen LogP contribution in [0.2, 0.25) is 5.02 Å². The molecule has 0 spiro atoms. The number of alkyl halides is 2. The number of Topliss-reactive ketones (excluding diaryl/α,β-unsaturated/α-hetero) is 1. The smallest absolute Gasteiger partial charge is 0.310 e. The molecule has 3 rings (SSSR count). The Bertz CT molecular complexity index is 775. The van der Waals surface area contributed by atoms with Crippen molar-refractivity contribution in [1.82, 2.24) is 4.57 Å². The second-order valence-electron chi connectivity index (χ2n) is 5.14. The minimum atomic E-state index is -3.38. The van der Waals surface area contributed by atoms with Crippen LogP contribution < -0.4 is 0 Å². The monoisotopic (exact) mass is 325 g/mol. The number of carbonyl (C=O) groups excluding carboxylic acids is 1. The van der Waals surface area contributed by atoms with Gasteiger partial charge in [-0.2, -0.15) is 8.78 Å². The maximum absolute atomic E-state index is 13.7. The zero-order valence-corrected chi connectivity index (χ0v) is 12.1. The zero-order chi connectivity index (χ0) is 16.1. The SMILES string of the molecule is C=Cc1cn(-c2cc(F)cc(Cl)c2)c2c1C(=O)C(F)(F)CC2. The largest absolute Gasteiger partial charge is 0.319 e. The van der Waals surface area contributed by atoms with E-state index in [1.807, 2.05) is 0 Å². The predicted octanol–water partition coefficient (Wildman–Crippen LogP) is 4.68. The number of hydrogen-bond donors (Lipinski definition) is 0. The molecule has 2 nitrogen and oxygen atoms in total. The summed E-state index contributed by atoms with van der Waals surface area (Å²) in [6.45, 7) is 3.55. The van der Waals surface area contributed by atoms with Crippen molar-refractivity contribution < 1.29 is 18.0 Å². The molecule has 0 saturated heterocycles. The van der Waals surface area contributed by atoms with E-state index in [1.54, 1.807) is 0 Å². The fourth-order valence-corrected chi connectivity index (χ4v) is 2.93. The van der Waals surface area contributed by atoms with Crippen LogP contribution >= 0.6 is 11.6 Å². The highest BCUT2D eigenvalue weighted by atomic mass is 35.5. The Labute approximate surface area is 129 Å². The molecule has 0 bridgehead atoms. The molecule has 22 heavy (non-hydrogen) atoms. The van der Waals surface area contributed by atoms with Crippen LogP contribution in [0.4, 0.5) is 13.2 Å². The van der Waals surface area contributed by atoms with Crippen molar-refractivity contribution in [3.63, 3.8) is 0 Å². The van der Waals surface area contributed by atoms with Crippen LogP contribution in [-0.4, -0.2) is 16.3 Å². The van der Waals surface area contributed by atoms with E-state index in [0.29, 0.717) is 16.9 Å². The molecule has 1 aliphatic carbocycles. The first kappa shape index (κ1) is 14.9. The molecular formula is C16H11ClF3NO. The lowest BCUT2D eigenvalue weighted by molar-refractivity contribution is 0.00173. The summed E-state index contributed by atoms with van der Waals surface area (Å²) in [4.78, 5) is 12.0. The maximum atomic E-state index is 13.7. The van der Waals surface area contributed by atoms with Gasteiger partial charge in [-0.25, -0.2) is 4.39 Å². The van der Waals surface area contributed by atoms with Crippen molar-refractivity contribution >= 4 is 23.5 Å². The predicted molar refractivity (Wildman–Crippen MR) is 78.4 cm³/mol. The van der Waals surface area contributed by atoms with Gasteiger partial charge in [-0.1, -0.05) is 24.3 Å². The molecule has 0 aliphatic heterocycles. The van der Waals surface area contributed by atoms with Gasteiger partial charge in [0.25, 0.3) is 0 Å². The highest BCUT2D eigenvalue weighted by Crippen LogP contribution is 2.37. The molecule has 6 heteroatoms. The molecule has 0 radical (unpaired) electrons. The summed E-state index contributed by atoms with van der Waals surface area (Å²) in [6.07, 6.45) is 2.29. The minimum absolute atomic E-state index is 0.00997. The third kappa shape index (κ3) is 2.25. The number of hydrogen-bond acceptors (Lipinski definition) is 1. The highest BCUT2D eigenvalue weighted by molar-refractivity contribution is 6.30. The fourth-order valence-electron chi connectivity index (χ4n) is 2.71. The first-order valence-electron chi connectivity index (χ1n) is 6.59. The van der Waals surface area contributed by atoms with Crippen LogP contribution in [0, 0.1) is 5.82 Å². The van der Waals surface area contributed by atoms with Crippen molar-refractivity contribution in [2.45, 2.75) is 18.8 Å². The Balaban J connectivity index is 2.24. The molecule has 1 heterocycles. The summed E-state index contributed by atoms with van der Waals surface area (Å²) < 4.78 is 42.4. The van der Waals surface area contributed by atoms with Crippen LogP contribution in [-0.2, 0) is 6.42 Å². The van der Waals surface area contributed by atoms with Crippen molar-refractivity contribution in [2.24, 2.45) is 0 Å². The Morgan fingerprint density at radius 2 is 2.05 bits per heavy atom. The molecule has 2 aromatic rings. The molecule has 0 saturated carbocycles. The summed E-state index contributed by atoms with van der Waals surface area (Å²) in [5.41, 5.74) is 1.06. The van der Waals surface area contributed by atoms with Gasteiger partial charge < -0.3 is 4.57 Å². The maximum Gasteiger partial charge on any atom is 0.310 e. The van der Waals surface area contributed by atoms with Crippen LogP contribution in [0.25, 0.3) is 11.8 Å². The normalized spacial score (nSPS) is 16.5. The fraction of sp³-hybridized carbons (Fsp3) is 0.188. The minimum Gasteiger partial charge on any atom is -0.319 e. The van der Waals surface area contributed by atoms with E-state index in [4.69, 9.17) is 11.6 Å². The molecule has 114 valence electrons. The van der Waals surface area contributed by atoms with Crippen LogP contribution in [0.1, 0.15) is 28.0 Å². The third-order valence-electron chi connectivity index (χ3n) is 3.72. The van der Waals surface area contributed by atoms with Gasteiger partial charge in [0.05, 0.1) is 5.56 Å². The van der Waals surface area contributed by atoms with Gasteiger partial charge in [0.15, 0.2) is 0 Å². The number of rotatable bonds is 2. The molecule has 0 amide bonds. The van der Waals surface area contributed by atoms with Crippen LogP contribution in [0.3, 0.4) is 0 Å². The Hall–Kier alpha value is -2.01. The Morgan fingerprint density at radius 3 is 2.68 bits per heavy atom. The Morgan fingerprint density at radius 1 is 1.32 bits per heavy atom. The second kappa shape index (κ2) is 5.02. The number of fused-ring (bicyclic) bond motifs is 1. The van der Waals surface area contributed by atoms with Crippen molar-refractivity contribution in [2.75, 3.05) is 0 Å². The highest BCUT2D eigenvalue weighted by Gasteiger charge is 2.45. The lowest BCUT2D eigenvalue weighted by Crippen LogP contribution is -2.34. The number of aromatic nitrogens is 1. The lowest BCUT2D eigenvalue weighted by Gasteiger charge is -2.22. The standard InChI is InChI=1S/C16H11ClF3NO/c1-2-9-8-21(12-6-10(17)5-11(18)7-12)13-3-4-16(19,20)15(22)14(9)13/h2,5-8H,1,3-4H2. The van der Waals surface area contributed by atoms with Gasteiger partial charge in [-0.15, -0.1) is 0 Å². The molecule has 0 atom stereocenters. The van der Waals surface area contributed by atoms with Crippen LogP contribution in [0.15, 0.2) is 31.0 Å². The molecule has 0 N–H and O–H groups in total. The van der Waals surface area contributed by atoms with Crippen LogP contribution in [0.5, 0.6) is 0 Å².